The minimum Gasteiger partial charge on any atom is -0.466 e. The summed E-state index contributed by atoms with van der Waals surface area (Å²) in [6, 6.07) is 6.14. The number of non-ortho nitro benzene ring substituents is 1. The van der Waals surface area contributed by atoms with Crippen molar-refractivity contribution in [1.29, 1.82) is 0 Å². The molecule has 21 heavy (non-hydrogen) atoms. The van der Waals surface area contributed by atoms with Crippen LogP contribution in [0, 0.1) is 10.1 Å². The molecule has 8 heteroatoms. The molecule has 0 fully saturated rings. The smallest absolute Gasteiger partial charge is 0.311 e. The Morgan fingerprint density at radius 1 is 1.52 bits per heavy atom. The molecule has 0 bridgehead atoms. The lowest BCUT2D eigenvalue weighted by Crippen LogP contribution is -2.07. The van der Waals surface area contributed by atoms with Crippen molar-refractivity contribution in [1.82, 2.24) is 4.98 Å². The summed E-state index contributed by atoms with van der Waals surface area (Å²) in [5.41, 5.74) is 1.18. The van der Waals surface area contributed by atoms with Gasteiger partial charge >= 0.3 is 5.97 Å². The van der Waals surface area contributed by atoms with Crippen molar-refractivity contribution in [2.75, 3.05) is 11.9 Å². The molecule has 1 N–H and O–H groups in total. The highest BCUT2D eigenvalue weighted by Gasteiger charge is 2.10. The van der Waals surface area contributed by atoms with Gasteiger partial charge in [-0.15, -0.1) is 11.3 Å². The van der Waals surface area contributed by atoms with Crippen molar-refractivity contribution < 1.29 is 14.5 Å². The zero-order chi connectivity index (χ0) is 15.2. The van der Waals surface area contributed by atoms with E-state index in [4.69, 9.17) is 4.74 Å². The van der Waals surface area contributed by atoms with Gasteiger partial charge in [0.15, 0.2) is 5.13 Å². The van der Waals surface area contributed by atoms with Crippen LogP contribution in [-0.2, 0) is 16.0 Å². The lowest BCUT2D eigenvalue weighted by Gasteiger charge is -2.02. The Balaban J connectivity index is 2.04. The summed E-state index contributed by atoms with van der Waals surface area (Å²) in [6.07, 6.45) is 0.112. The summed E-state index contributed by atoms with van der Waals surface area (Å²) < 4.78 is 4.85. The zero-order valence-electron chi connectivity index (χ0n) is 11.2. The molecule has 2 rings (SSSR count). The first kappa shape index (κ1) is 14.9. The Morgan fingerprint density at radius 2 is 2.33 bits per heavy atom. The summed E-state index contributed by atoms with van der Waals surface area (Å²) in [5, 5.41) is 16.0. The van der Waals surface area contributed by atoms with Crippen molar-refractivity contribution in [3.05, 3.63) is 45.5 Å². The topological polar surface area (TPSA) is 94.4 Å². The molecule has 1 heterocycles. The van der Waals surface area contributed by atoms with Crippen molar-refractivity contribution in [3.8, 4) is 0 Å². The molecule has 7 nitrogen and oxygen atoms in total. The molecule has 0 aliphatic carbocycles. The molecule has 0 aliphatic rings. The first-order valence-electron chi connectivity index (χ1n) is 6.20. The number of hydrogen-bond acceptors (Lipinski definition) is 7. The van der Waals surface area contributed by atoms with Gasteiger partial charge < -0.3 is 10.1 Å². The minimum absolute atomic E-state index is 0.00306. The number of nitrogens with one attached hydrogen (secondary N) is 1. The summed E-state index contributed by atoms with van der Waals surface area (Å²) in [4.78, 5) is 25.8. The number of nitro benzene ring substituents is 1. The number of esters is 1. The van der Waals surface area contributed by atoms with Gasteiger partial charge in [-0.2, -0.15) is 0 Å². The van der Waals surface area contributed by atoms with Gasteiger partial charge in [0.05, 0.1) is 23.6 Å². The second-order valence-electron chi connectivity index (χ2n) is 4.06. The quantitative estimate of drug-likeness (QED) is 0.501. The van der Waals surface area contributed by atoms with Crippen LogP contribution in [0.2, 0.25) is 0 Å². The van der Waals surface area contributed by atoms with Crippen LogP contribution in [-0.4, -0.2) is 22.5 Å². The fourth-order valence-electron chi connectivity index (χ4n) is 1.63. The fraction of sp³-hybridized carbons (Fsp3) is 0.231. The van der Waals surface area contributed by atoms with E-state index in [9.17, 15) is 14.9 Å². The number of ether oxygens (including phenoxy) is 1. The molecule has 0 saturated carbocycles. The minimum atomic E-state index is -0.459. The average molecular weight is 307 g/mol. The third kappa shape index (κ3) is 4.25. The summed E-state index contributed by atoms with van der Waals surface area (Å²) in [7, 11) is 0. The largest absolute Gasteiger partial charge is 0.466 e. The van der Waals surface area contributed by atoms with Crippen LogP contribution in [0.15, 0.2) is 29.6 Å². The highest BCUT2D eigenvalue weighted by atomic mass is 32.1. The molecular formula is C13H13N3O4S. The second kappa shape index (κ2) is 6.80. The number of nitrogens with zero attached hydrogens (tertiary/aromatic N) is 2. The van der Waals surface area contributed by atoms with Crippen molar-refractivity contribution in [2.45, 2.75) is 13.3 Å². The maximum Gasteiger partial charge on any atom is 0.311 e. The number of carbonyl (C=O) groups excluding carboxylic acids is 1. The fourth-order valence-corrected chi connectivity index (χ4v) is 2.36. The van der Waals surface area contributed by atoms with Crippen molar-refractivity contribution in [2.24, 2.45) is 0 Å². The SMILES string of the molecule is CCOC(=O)Cc1csc(Nc2cccc([N+](=O)[O-])c2)n1. The summed E-state index contributed by atoms with van der Waals surface area (Å²) in [6.45, 7) is 2.08. The zero-order valence-corrected chi connectivity index (χ0v) is 12.1. The highest BCUT2D eigenvalue weighted by molar-refractivity contribution is 7.13. The van der Waals surface area contributed by atoms with Crippen molar-refractivity contribution in [3.63, 3.8) is 0 Å². The summed E-state index contributed by atoms with van der Waals surface area (Å²) >= 11 is 1.32. The van der Waals surface area contributed by atoms with E-state index in [1.165, 1.54) is 23.5 Å². The van der Waals surface area contributed by atoms with Gasteiger partial charge in [0, 0.05) is 23.2 Å². The lowest BCUT2D eigenvalue weighted by atomic mass is 10.3. The van der Waals surface area contributed by atoms with E-state index in [1.54, 1.807) is 24.4 Å². The van der Waals surface area contributed by atoms with Gasteiger partial charge in [-0.05, 0) is 13.0 Å². The lowest BCUT2D eigenvalue weighted by molar-refractivity contribution is -0.384. The van der Waals surface area contributed by atoms with E-state index in [2.05, 4.69) is 10.3 Å². The Bertz CT molecular complexity index is 656. The molecule has 0 spiro atoms. The molecule has 0 atom stereocenters. The van der Waals surface area contributed by atoms with E-state index in [0.717, 1.165) is 0 Å². The van der Waals surface area contributed by atoms with Gasteiger partial charge in [0.1, 0.15) is 0 Å². The predicted molar refractivity (Wildman–Crippen MR) is 78.8 cm³/mol. The number of rotatable bonds is 6. The van der Waals surface area contributed by atoms with Gasteiger partial charge in [-0.3, -0.25) is 14.9 Å². The normalized spacial score (nSPS) is 10.1. The maximum absolute atomic E-state index is 11.3. The predicted octanol–water partition coefficient (Wildman–Crippen LogP) is 2.90. The molecule has 0 radical (unpaired) electrons. The highest BCUT2D eigenvalue weighted by Crippen LogP contribution is 2.24. The van der Waals surface area contributed by atoms with Gasteiger partial charge in [-0.1, -0.05) is 6.07 Å². The van der Waals surface area contributed by atoms with Crippen LogP contribution in [0.5, 0.6) is 0 Å². The first-order chi connectivity index (χ1) is 10.1. The molecule has 1 aromatic heterocycles. The van der Waals surface area contributed by atoms with E-state index in [1.807, 2.05) is 0 Å². The number of nitro groups is 1. The molecular weight excluding hydrogens is 294 g/mol. The molecule has 2 aromatic rings. The Hall–Kier alpha value is -2.48. The van der Waals surface area contributed by atoms with Crippen LogP contribution < -0.4 is 5.32 Å². The van der Waals surface area contributed by atoms with Gasteiger partial charge in [0.2, 0.25) is 0 Å². The third-order valence-electron chi connectivity index (χ3n) is 2.49. The van der Waals surface area contributed by atoms with E-state index >= 15 is 0 Å². The van der Waals surface area contributed by atoms with Crippen molar-refractivity contribution >= 4 is 33.8 Å². The van der Waals surface area contributed by atoms with E-state index in [0.29, 0.717) is 23.1 Å². The molecule has 110 valence electrons. The van der Waals surface area contributed by atoms with Crippen LogP contribution in [0.3, 0.4) is 0 Å². The Morgan fingerprint density at radius 3 is 3.05 bits per heavy atom. The van der Waals surface area contributed by atoms with E-state index < -0.39 is 4.92 Å². The molecule has 0 unspecified atom stereocenters. The third-order valence-corrected chi connectivity index (χ3v) is 3.30. The number of benzene rings is 1. The van der Waals surface area contributed by atoms with Gasteiger partial charge in [0.25, 0.3) is 5.69 Å². The monoisotopic (exact) mass is 307 g/mol. The number of anilines is 2. The second-order valence-corrected chi connectivity index (χ2v) is 4.92. The van der Waals surface area contributed by atoms with Crippen LogP contribution in [0.1, 0.15) is 12.6 Å². The Labute approximate surface area is 124 Å². The maximum atomic E-state index is 11.3. The number of hydrogen-bond donors (Lipinski definition) is 1. The molecule has 1 aromatic carbocycles. The summed E-state index contributed by atoms with van der Waals surface area (Å²) in [5.74, 6) is -0.329. The number of aromatic nitrogens is 1. The first-order valence-corrected chi connectivity index (χ1v) is 7.08. The van der Waals surface area contributed by atoms with Gasteiger partial charge in [-0.25, -0.2) is 4.98 Å². The Kier molecular flexibility index (Phi) is 4.83. The van der Waals surface area contributed by atoms with E-state index in [-0.39, 0.29) is 18.1 Å². The van der Waals surface area contributed by atoms with Crippen LogP contribution in [0.4, 0.5) is 16.5 Å². The molecule has 0 aliphatic heterocycles. The average Bonchev–Trinajstić information content (AvgIpc) is 2.86. The molecule has 0 amide bonds. The molecule has 0 saturated heterocycles. The number of carbonyl (C=O) groups is 1. The number of thiazole rings is 1. The van der Waals surface area contributed by atoms with Crippen LogP contribution in [0.25, 0.3) is 0 Å². The standard InChI is InChI=1S/C13H13N3O4S/c1-2-20-12(17)7-10-8-21-13(15-10)14-9-4-3-5-11(6-9)16(18)19/h3-6,8H,2,7H2,1H3,(H,14,15). The van der Waals surface area contributed by atoms with Crippen LogP contribution >= 0.6 is 11.3 Å².